The molecule has 0 amide bonds. The standard InChI is InChI=1S/C16H17FN2S/c17-14-5-1-4-13-15(7-10-20-16(13)14)19-9-6-12-3-2-8-18-11-12/h1-5,8,11,15,19H,6-7,9-10H2. The third kappa shape index (κ3) is 3.02. The molecule has 4 heteroatoms. The van der Waals surface area contributed by atoms with E-state index in [0.29, 0.717) is 0 Å². The summed E-state index contributed by atoms with van der Waals surface area (Å²) in [6.45, 7) is 0.886. The van der Waals surface area contributed by atoms with Crippen molar-refractivity contribution in [3.63, 3.8) is 0 Å². The van der Waals surface area contributed by atoms with Gasteiger partial charge in [-0.25, -0.2) is 4.39 Å². The molecular formula is C16H17FN2S. The van der Waals surface area contributed by atoms with Crippen molar-refractivity contribution in [2.75, 3.05) is 12.3 Å². The van der Waals surface area contributed by atoms with E-state index in [-0.39, 0.29) is 11.9 Å². The van der Waals surface area contributed by atoms with Crippen molar-refractivity contribution in [1.29, 1.82) is 0 Å². The lowest BCUT2D eigenvalue weighted by Crippen LogP contribution is -2.26. The highest BCUT2D eigenvalue weighted by molar-refractivity contribution is 7.99. The third-order valence-corrected chi connectivity index (χ3v) is 4.71. The molecule has 104 valence electrons. The normalized spacial score (nSPS) is 17.8. The van der Waals surface area contributed by atoms with Crippen molar-refractivity contribution < 1.29 is 4.39 Å². The molecular weight excluding hydrogens is 271 g/mol. The largest absolute Gasteiger partial charge is 0.310 e. The van der Waals surface area contributed by atoms with Crippen LogP contribution in [0.2, 0.25) is 0 Å². The topological polar surface area (TPSA) is 24.9 Å². The number of hydrogen-bond acceptors (Lipinski definition) is 3. The number of aromatic nitrogens is 1. The maximum Gasteiger partial charge on any atom is 0.137 e. The number of benzene rings is 1. The van der Waals surface area contributed by atoms with Crippen molar-refractivity contribution in [1.82, 2.24) is 10.3 Å². The Labute approximate surface area is 122 Å². The molecule has 1 aliphatic rings. The van der Waals surface area contributed by atoms with Gasteiger partial charge >= 0.3 is 0 Å². The highest BCUT2D eigenvalue weighted by Gasteiger charge is 2.22. The number of halogens is 1. The Bertz CT molecular complexity index is 574. The molecule has 0 bridgehead atoms. The molecule has 1 aromatic carbocycles. The van der Waals surface area contributed by atoms with Gasteiger partial charge in [-0.05, 0) is 48.4 Å². The van der Waals surface area contributed by atoms with Crippen LogP contribution in [0.1, 0.15) is 23.6 Å². The maximum atomic E-state index is 13.8. The van der Waals surface area contributed by atoms with Crippen molar-refractivity contribution in [3.8, 4) is 0 Å². The fraction of sp³-hybridized carbons (Fsp3) is 0.312. The first-order valence-corrected chi connectivity index (χ1v) is 7.86. The zero-order valence-electron chi connectivity index (χ0n) is 11.2. The zero-order valence-corrected chi connectivity index (χ0v) is 12.0. The van der Waals surface area contributed by atoms with E-state index in [1.807, 2.05) is 18.3 Å². The molecule has 0 fully saturated rings. The fourth-order valence-corrected chi connectivity index (χ4v) is 3.68. The van der Waals surface area contributed by atoms with Crippen LogP contribution in [-0.4, -0.2) is 17.3 Å². The summed E-state index contributed by atoms with van der Waals surface area (Å²) >= 11 is 1.62. The van der Waals surface area contributed by atoms with Gasteiger partial charge in [0.25, 0.3) is 0 Å². The number of fused-ring (bicyclic) bond motifs is 1. The second-order valence-corrected chi connectivity index (χ2v) is 6.02. The van der Waals surface area contributed by atoms with Crippen LogP contribution in [0.15, 0.2) is 47.6 Å². The minimum atomic E-state index is -0.0914. The van der Waals surface area contributed by atoms with Gasteiger partial charge < -0.3 is 5.32 Å². The summed E-state index contributed by atoms with van der Waals surface area (Å²) in [6, 6.07) is 9.68. The van der Waals surface area contributed by atoms with Crippen LogP contribution in [0, 0.1) is 5.82 Å². The molecule has 2 aromatic rings. The van der Waals surface area contributed by atoms with Gasteiger partial charge in [0.1, 0.15) is 5.82 Å². The van der Waals surface area contributed by atoms with Gasteiger partial charge in [-0.15, -0.1) is 11.8 Å². The average Bonchev–Trinajstić information content (AvgIpc) is 2.49. The van der Waals surface area contributed by atoms with Crippen molar-refractivity contribution in [2.24, 2.45) is 0 Å². The number of rotatable bonds is 4. The molecule has 0 aliphatic carbocycles. The Kier molecular flexibility index (Phi) is 4.33. The van der Waals surface area contributed by atoms with E-state index < -0.39 is 0 Å². The van der Waals surface area contributed by atoms with Gasteiger partial charge in [-0.3, -0.25) is 4.98 Å². The molecule has 1 atom stereocenters. The summed E-state index contributed by atoms with van der Waals surface area (Å²) in [5, 5.41) is 3.55. The summed E-state index contributed by atoms with van der Waals surface area (Å²) in [7, 11) is 0. The van der Waals surface area contributed by atoms with E-state index in [1.165, 1.54) is 5.56 Å². The molecule has 1 aliphatic heterocycles. The average molecular weight is 288 g/mol. The SMILES string of the molecule is Fc1cccc2c1SCCC2NCCc1cccnc1. The summed E-state index contributed by atoms with van der Waals surface area (Å²) in [5.41, 5.74) is 2.33. The van der Waals surface area contributed by atoms with Gasteiger partial charge in [0.2, 0.25) is 0 Å². The van der Waals surface area contributed by atoms with Crippen molar-refractivity contribution in [3.05, 3.63) is 59.7 Å². The molecule has 0 radical (unpaired) electrons. The van der Waals surface area contributed by atoms with Gasteiger partial charge in [0, 0.05) is 23.3 Å². The first kappa shape index (κ1) is 13.6. The fourth-order valence-electron chi connectivity index (χ4n) is 2.54. The molecule has 2 heterocycles. The third-order valence-electron chi connectivity index (χ3n) is 3.55. The van der Waals surface area contributed by atoms with Crippen molar-refractivity contribution in [2.45, 2.75) is 23.8 Å². The molecule has 0 saturated heterocycles. The Morgan fingerprint density at radius 3 is 3.10 bits per heavy atom. The quantitative estimate of drug-likeness (QED) is 0.930. The van der Waals surface area contributed by atoms with E-state index in [1.54, 1.807) is 30.1 Å². The Morgan fingerprint density at radius 1 is 1.30 bits per heavy atom. The van der Waals surface area contributed by atoms with Crippen LogP contribution in [0.5, 0.6) is 0 Å². The number of nitrogens with zero attached hydrogens (tertiary/aromatic N) is 1. The molecule has 3 rings (SSSR count). The Morgan fingerprint density at radius 2 is 2.25 bits per heavy atom. The first-order valence-electron chi connectivity index (χ1n) is 6.88. The predicted octanol–water partition coefficient (Wildman–Crippen LogP) is 3.59. The number of nitrogens with one attached hydrogen (secondary N) is 1. The van der Waals surface area contributed by atoms with E-state index in [9.17, 15) is 4.39 Å². The molecule has 2 nitrogen and oxygen atoms in total. The van der Waals surface area contributed by atoms with Crippen LogP contribution in [-0.2, 0) is 6.42 Å². The maximum absolute atomic E-state index is 13.8. The number of thioether (sulfide) groups is 1. The van der Waals surface area contributed by atoms with E-state index in [4.69, 9.17) is 0 Å². The van der Waals surface area contributed by atoms with E-state index in [2.05, 4.69) is 16.4 Å². The molecule has 1 unspecified atom stereocenters. The summed E-state index contributed by atoms with van der Waals surface area (Å²) in [6.07, 6.45) is 5.68. The monoisotopic (exact) mass is 288 g/mol. The first-order chi connectivity index (χ1) is 9.84. The molecule has 20 heavy (non-hydrogen) atoms. The zero-order chi connectivity index (χ0) is 13.8. The Hall–Kier alpha value is -1.39. The number of hydrogen-bond donors (Lipinski definition) is 1. The van der Waals surface area contributed by atoms with Crippen LogP contribution >= 0.6 is 11.8 Å². The molecule has 0 saturated carbocycles. The van der Waals surface area contributed by atoms with Crippen LogP contribution in [0.25, 0.3) is 0 Å². The lowest BCUT2D eigenvalue weighted by atomic mass is 10.0. The van der Waals surface area contributed by atoms with Gasteiger partial charge in [-0.1, -0.05) is 18.2 Å². The molecule has 1 N–H and O–H groups in total. The highest BCUT2D eigenvalue weighted by atomic mass is 32.2. The minimum Gasteiger partial charge on any atom is -0.310 e. The lowest BCUT2D eigenvalue weighted by Gasteiger charge is -2.26. The summed E-state index contributed by atoms with van der Waals surface area (Å²) in [5.74, 6) is 0.879. The van der Waals surface area contributed by atoms with Crippen LogP contribution in [0.4, 0.5) is 4.39 Å². The number of pyridine rings is 1. The lowest BCUT2D eigenvalue weighted by molar-refractivity contribution is 0.500. The second-order valence-electron chi connectivity index (χ2n) is 4.91. The second kappa shape index (κ2) is 6.37. The van der Waals surface area contributed by atoms with Gasteiger partial charge in [0.15, 0.2) is 0 Å². The summed E-state index contributed by atoms with van der Waals surface area (Å²) < 4.78 is 13.8. The van der Waals surface area contributed by atoms with Crippen LogP contribution in [0.3, 0.4) is 0 Å². The van der Waals surface area contributed by atoms with Gasteiger partial charge in [-0.2, -0.15) is 0 Å². The molecule has 1 aromatic heterocycles. The van der Waals surface area contributed by atoms with Crippen molar-refractivity contribution >= 4 is 11.8 Å². The predicted molar refractivity (Wildman–Crippen MR) is 80.4 cm³/mol. The Balaban J connectivity index is 1.64. The van der Waals surface area contributed by atoms with Crippen LogP contribution < -0.4 is 5.32 Å². The van der Waals surface area contributed by atoms with E-state index >= 15 is 0 Å². The van der Waals surface area contributed by atoms with E-state index in [0.717, 1.165) is 35.6 Å². The minimum absolute atomic E-state index is 0.0914. The smallest absolute Gasteiger partial charge is 0.137 e. The van der Waals surface area contributed by atoms with Gasteiger partial charge in [0.05, 0.1) is 0 Å². The molecule has 0 spiro atoms. The summed E-state index contributed by atoms with van der Waals surface area (Å²) in [4.78, 5) is 4.93. The highest BCUT2D eigenvalue weighted by Crippen LogP contribution is 2.37.